The fourth-order valence-corrected chi connectivity index (χ4v) is 3.00. The van der Waals surface area contributed by atoms with Crippen molar-refractivity contribution < 1.29 is 23.8 Å². The second kappa shape index (κ2) is 11.0. The minimum atomic E-state index is -0.477. The predicted molar refractivity (Wildman–Crippen MR) is 119 cm³/mol. The summed E-state index contributed by atoms with van der Waals surface area (Å²) in [4.78, 5) is 24.5. The number of allylic oxidation sites excluding steroid dienone is 1. The smallest absolute Gasteiger partial charge is 0.410 e. The minimum Gasteiger partial charge on any atom is -0.493 e. The first-order chi connectivity index (χ1) is 13.9. The van der Waals surface area contributed by atoms with Crippen molar-refractivity contribution in [3.63, 3.8) is 0 Å². The molecule has 6 heteroatoms. The molecule has 1 aromatic carbocycles. The number of amides is 1. The van der Waals surface area contributed by atoms with Gasteiger partial charge in [-0.3, -0.25) is 4.79 Å². The Morgan fingerprint density at radius 3 is 2.03 bits per heavy atom. The molecule has 1 aliphatic heterocycles. The van der Waals surface area contributed by atoms with Crippen LogP contribution in [0.5, 0.6) is 11.5 Å². The van der Waals surface area contributed by atoms with Crippen LogP contribution >= 0.6 is 0 Å². The van der Waals surface area contributed by atoms with E-state index in [1.54, 1.807) is 26.0 Å². The molecule has 0 fully saturated rings. The molecule has 0 spiro atoms. The lowest BCUT2D eigenvalue weighted by Gasteiger charge is -2.31. The van der Waals surface area contributed by atoms with Gasteiger partial charge in [-0.15, -0.1) is 0 Å². The predicted octanol–water partition coefficient (Wildman–Crippen LogP) is 5.17. The molecule has 0 saturated carbocycles. The molecule has 30 heavy (non-hydrogen) atoms. The molecule has 0 aromatic heterocycles. The first-order valence-electron chi connectivity index (χ1n) is 10.3. The van der Waals surface area contributed by atoms with Crippen molar-refractivity contribution in [1.29, 1.82) is 0 Å². The molecular weight excluding hydrogens is 382 g/mol. The maximum absolute atomic E-state index is 12.1. The number of ether oxygens (including phenoxy) is 3. The molecule has 1 aliphatic rings. The average molecular weight is 420 g/mol. The molecule has 0 saturated heterocycles. The highest BCUT2D eigenvalue weighted by Crippen LogP contribution is 2.33. The molecule has 6 nitrogen and oxygen atoms in total. The van der Waals surface area contributed by atoms with Gasteiger partial charge in [-0.05, 0) is 75.3 Å². The number of carbonyl (C=O) groups is 2. The van der Waals surface area contributed by atoms with E-state index in [-0.39, 0.29) is 11.9 Å². The van der Waals surface area contributed by atoms with E-state index in [1.807, 2.05) is 32.9 Å². The van der Waals surface area contributed by atoms with Crippen LogP contribution in [-0.4, -0.2) is 43.1 Å². The summed E-state index contributed by atoms with van der Waals surface area (Å²) in [5.41, 5.74) is 2.52. The van der Waals surface area contributed by atoms with Crippen molar-refractivity contribution in [2.24, 2.45) is 5.92 Å². The normalized spacial score (nSPS) is 13.0. The van der Waals surface area contributed by atoms with Gasteiger partial charge in [0.1, 0.15) is 5.60 Å². The van der Waals surface area contributed by atoms with Crippen LogP contribution < -0.4 is 9.47 Å². The van der Waals surface area contributed by atoms with Crippen molar-refractivity contribution in [2.45, 2.75) is 66.5 Å². The molecule has 0 atom stereocenters. The summed E-state index contributed by atoms with van der Waals surface area (Å²) in [5, 5.41) is 0. The third kappa shape index (κ3) is 8.09. The van der Waals surface area contributed by atoms with E-state index in [0.717, 1.165) is 29.7 Å². The highest BCUT2D eigenvalue weighted by molar-refractivity contribution is 5.92. The fraction of sp³-hybridized carbons (Fsp3) is 0.583. The van der Waals surface area contributed by atoms with Gasteiger partial charge in [0.05, 0.1) is 14.2 Å². The summed E-state index contributed by atoms with van der Waals surface area (Å²) in [7, 11) is 3.23. The number of methoxy groups -OCH3 is 2. The van der Waals surface area contributed by atoms with E-state index in [0.29, 0.717) is 24.8 Å². The van der Waals surface area contributed by atoms with Crippen molar-refractivity contribution >= 4 is 11.9 Å². The SMILES string of the molecule is C=C(CC(C)C)C(C)=O.COc1cc2c(cc1OC)CN(C(=O)OC(C)(C)C)CC2. The van der Waals surface area contributed by atoms with E-state index in [9.17, 15) is 9.59 Å². The van der Waals surface area contributed by atoms with Crippen LogP contribution in [0.2, 0.25) is 0 Å². The van der Waals surface area contributed by atoms with E-state index in [2.05, 4.69) is 20.4 Å². The van der Waals surface area contributed by atoms with Gasteiger partial charge in [0.25, 0.3) is 0 Å². The molecule has 0 radical (unpaired) electrons. The van der Waals surface area contributed by atoms with Gasteiger partial charge in [-0.25, -0.2) is 4.79 Å². The van der Waals surface area contributed by atoms with Crippen LogP contribution in [0, 0.1) is 5.92 Å². The summed E-state index contributed by atoms with van der Waals surface area (Å²) in [6, 6.07) is 3.92. The quantitative estimate of drug-likeness (QED) is 0.616. The molecule has 0 N–H and O–H groups in total. The summed E-state index contributed by atoms with van der Waals surface area (Å²) in [6.07, 6.45) is 1.34. The number of benzene rings is 1. The molecular formula is C24H37NO5. The minimum absolute atomic E-state index is 0.115. The van der Waals surface area contributed by atoms with E-state index in [1.165, 1.54) is 5.56 Å². The molecule has 0 unspecified atom stereocenters. The summed E-state index contributed by atoms with van der Waals surface area (Å²) in [5.74, 6) is 2.06. The maximum atomic E-state index is 12.1. The first kappa shape index (κ1) is 25.5. The van der Waals surface area contributed by atoms with Gasteiger partial charge in [-0.2, -0.15) is 0 Å². The zero-order valence-electron chi connectivity index (χ0n) is 19.8. The Balaban J connectivity index is 0.000000424. The highest BCUT2D eigenvalue weighted by Gasteiger charge is 2.26. The average Bonchev–Trinajstić information content (AvgIpc) is 2.64. The van der Waals surface area contributed by atoms with Gasteiger partial charge in [-0.1, -0.05) is 20.4 Å². The Labute approximate surface area is 181 Å². The zero-order valence-corrected chi connectivity index (χ0v) is 19.8. The van der Waals surface area contributed by atoms with Crippen LogP contribution in [0.3, 0.4) is 0 Å². The second-order valence-electron chi connectivity index (χ2n) is 8.89. The Bertz CT molecular complexity index is 762. The summed E-state index contributed by atoms with van der Waals surface area (Å²) in [6.45, 7) is 16.2. The largest absolute Gasteiger partial charge is 0.493 e. The first-order valence-corrected chi connectivity index (χ1v) is 10.3. The van der Waals surface area contributed by atoms with Crippen LogP contribution in [0.15, 0.2) is 24.3 Å². The number of fused-ring (bicyclic) bond motifs is 1. The van der Waals surface area contributed by atoms with Gasteiger partial charge >= 0.3 is 6.09 Å². The number of hydrogen-bond acceptors (Lipinski definition) is 5. The number of Topliss-reactive ketones (excluding diaryl/α,β-unsaturated/α-hetero) is 1. The number of hydrogen-bond donors (Lipinski definition) is 0. The summed E-state index contributed by atoms with van der Waals surface area (Å²) >= 11 is 0. The Morgan fingerprint density at radius 2 is 1.63 bits per heavy atom. The number of nitrogens with zero attached hydrogens (tertiary/aromatic N) is 1. The number of ketones is 1. The van der Waals surface area contributed by atoms with Crippen molar-refractivity contribution in [3.05, 3.63) is 35.4 Å². The number of carbonyl (C=O) groups excluding carboxylic acids is 2. The topological polar surface area (TPSA) is 65.1 Å². The standard InChI is InChI=1S/C16H23NO4.C8H14O/c1-16(2,3)21-15(18)17-7-6-11-8-13(19-4)14(20-5)9-12(11)10-17;1-6(2)5-7(3)8(4)9/h8-9H,6-7,10H2,1-5H3;6H,3,5H2,1-2,4H3. The fourth-order valence-electron chi connectivity index (χ4n) is 3.00. The second-order valence-corrected chi connectivity index (χ2v) is 8.89. The van der Waals surface area contributed by atoms with Gasteiger partial charge in [0, 0.05) is 13.1 Å². The van der Waals surface area contributed by atoms with Crippen LogP contribution in [0.25, 0.3) is 0 Å². The lowest BCUT2D eigenvalue weighted by Crippen LogP contribution is -2.39. The van der Waals surface area contributed by atoms with Crippen molar-refractivity contribution in [2.75, 3.05) is 20.8 Å². The molecule has 1 amide bonds. The van der Waals surface area contributed by atoms with Gasteiger partial charge in [0.15, 0.2) is 17.3 Å². The third-order valence-electron chi connectivity index (χ3n) is 4.52. The maximum Gasteiger partial charge on any atom is 0.410 e. The number of rotatable bonds is 5. The van der Waals surface area contributed by atoms with Crippen molar-refractivity contribution in [1.82, 2.24) is 4.90 Å². The molecule has 2 rings (SSSR count). The van der Waals surface area contributed by atoms with Crippen LogP contribution in [0.1, 0.15) is 59.1 Å². The highest BCUT2D eigenvalue weighted by atomic mass is 16.6. The van der Waals surface area contributed by atoms with Crippen LogP contribution in [0.4, 0.5) is 4.79 Å². The van der Waals surface area contributed by atoms with Gasteiger partial charge in [0.2, 0.25) is 0 Å². The lowest BCUT2D eigenvalue weighted by molar-refractivity contribution is -0.113. The zero-order chi connectivity index (χ0) is 23.1. The molecule has 1 heterocycles. The monoisotopic (exact) mass is 419 g/mol. The van der Waals surface area contributed by atoms with E-state index < -0.39 is 5.60 Å². The van der Waals surface area contributed by atoms with E-state index >= 15 is 0 Å². The molecule has 0 bridgehead atoms. The van der Waals surface area contributed by atoms with Gasteiger partial charge < -0.3 is 19.1 Å². The molecule has 1 aromatic rings. The third-order valence-corrected chi connectivity index (χ3v) is 4.52. The Kier molecular flexibility index (Phi) is 9.40. The molecule has 0 aliphatic carbocycles. The van der Waals surface area contributed by atoms with Crippen molar-refractivity contribution in [3.8, 4) is 11.5 Å². The lowest BCUT2D eigenvalue weighted by atomic mass is 9.99. The van der Waals surface area contributed by atoms with E-state index in [4.69, 9.17) is 14.2 Å². The Hall–Kier alpha value is -2.50. The van der Waals surface area contributed by atoms with Crippen LogP contribution in [-0.2, 0) is 22.5 Å². The molecule has 168 valence electrons. The Morgan fingerprint density at radius 1 is 1.10 bits per heavy atom. The summed E-state index contributed by atoms with van der Waals surface area (Å²) < 4.78 is 16.1.